The van der Waals surface area contributed by atoms with Gasteiger partial charge < -0.3 is 5.11 Å². The third-order valence-electron chi connectivity index (χ3n) is 1.16. The molecule has 0 saturated heterocycles. The molecule has 0 unspecified atom stereocenters. The molecule has 62 valence electrons. The summed E-state index contributed by atoms with van der Waals surface area (Å²) in [6, 6.07) is 0. The molecule has 1 N–H and O–H groups in total. The van der Waals surface area contributed by atoms with Crippen LogP contribution in [0.25, 0.3) is 0 Å². The van der Waals surface area contributed by atoms with Gasteiger partial charge in [0, 0.05) is 11.3 Å². The van der Waals surface area contributed by atoms with E-state index in [2.05, 4.69) is 0 Å². The first-order valence-corrected chi connectivity index (χ1v) is 4.56. The molecule has 0 spiro atoms. The van der Waals surface area contributed by atoms with Crippen molar-refractivity contribution in [2.24, 2.45) is 0 Å². The fourth-order valence-electron chi connectivity index (χ4n) is 0.530. The molecule has 0 aromatic heterocycles. The van der Waals surface area contributed by atoms with Gasteiger partial charge in [-0.2, -0.15) is 0 Å². The number of alkyl halides is 3. The first-order chi connectivity index (χ1) is 4.70. The van der Waals surface area contributed by atoms with Crippen molar-refractivity contribution < 1.29 is 5.11 Å². The van der Waals surface area contributed by atoms with Crippen molar-refractivity contribution in [2.45, 2.75) is 23.6 Å². The van der Waals surface area contributed by atoms with Gasteiger partial charge in [0.25, 0.3) is 0 Å². The summed E-state index contributed by atoms with van der Waals surface area (Å²) in [4.78, 5) is 0. The summed E-state index contributed by atoms with van der Waals surface area (Å²) in [6.07, 6.45) is 1.48. The highest BCUT2D eigenvalue weighted by atomic mass is 35.5. The Morgan fingerprint density at radius 2 is 1.60 bits per heavy atom. The van der Waals surface area contributed by atoms with Crippen LogP contribution in [0.3, 0.4) is 0 Å². The molecule has 0 radical (unpaired) electrons. The first-order valence-electron chi connectivity index (χ1n) is 3.15. The molecule has 0 amide bonds. The van der Waals surface area contributed by atoms with E-state index in [9.17, 15) is 0 Å². The lowest BCUT2D eigenvalue weighted by Gasteiger charge is -2.07. The zero-order valence-corrected chi connectivity index (χ0v) is 7.83. The van der Waals surface area contributed by atoms with Gasteiger partial charge in [0.05, 0.1) is 12.0 Å². The monoisotopic (exact) mass is 204 g/mol. The molecule has 0 aliphatic carbocycles. The molecule has 0 bridgehead atoms. The Bertz CT molecular complexity index is 69.4. The van der Waals surface area contributed by atoms with Gasteiger partial charge >= 0.3 is 0 Å². The van der Waals surface area contributed by atoms with Crippen molar-refractivity contribution in [3.63, 3.8) is 0 Å². The summed E-state index contributed by atoms with van der Waals surface area (Å²) in [7, 11) is 0. The maximum atomic E-state index is 8.51. The third-order valence-corrected chi connectivity index (χ3v) is 2.42. The number of aliphatic hydroxyl groups is 1. The van der Waals surface area contributed by atoms with Crippen LogP contribution in [0.4, 0.5) is 0 Å². The largest absolute Gasteiger partial charge is 0.395 e. The Kier molecular flexibility index (Phi) is 7.08. The van der Waals surface area contributed by atoms with Gasteiger partial charge in [-0.15, -0.1) is 34.8 Å². The van der Waals surface area contributed by atoms with Crippen LogP contribution in [0, 0.1) is 0 Å². The molecular weight excluding hydrogens is 194 g/mol. The van der Waals surface area contributed by atoms with Gasteiger partial charge in [0.15, 0.2) is 0 Å². The smallest absolute Gasteiger partial charge is 0.0595 e. The van der Waals surface area contributed by atoms with E-state index in [1.807, 2.05) is 0 Å². The Labute approximate surface area is 76.3 Å². The van der Waals surface area contributed by atoms with Crippen LogP contribution in [-0.2, 0) is 0 Å². The van der Waals surface area contributed by atoms with E-state index in [1.165, 1.54) is 0 Å². The molecule has 0 aliphatic rings. The predicted molar refractivity (Wildman–Crippen MR) is 46.3 cm³/mol. The van der Waals surface area contributed by atoms with Crippen LogP contribution < -0.4 is 0 Å². The van der Waals surface area contributed by atoms with Crippen molar-refractivity contribution in [1.82, 2.24) is 0 Å². The van der Waals surface area contributed by atoms with Gasteiger partial charge in [-0.3, -0.25) is 0 Å². The Hall–Kier alpha value is 0.830. The molecule has 1 nitrogen and oxygen atoms in total. The number of hydrogen-bond acceptors (Lipinski definition) is 1. The number of halogens is 3. The minimum Gasteiger partial charge on any atom is -0.395 e. The topological polar surface area (TPSA) is 20.2 Å². The number of rotatable bonds is 5. The second-order valence-corrected chi connectivity index (χ2v) is 3.65. The first kappa shape index (κ1) is 10.8. The summed E-state index contributed by atoms with van der Waals surface area (Å²) in [5.74, 6) is 0.441. The SMILES string of the molecule is OC[C@@H](Cl)CC[C@@H](Cl)CCl. The molecule has 4 heteroatoms. The van der Waals surface area contributed by atoms with Crippen LogP contribution in [0.15, 0.2) is 0 Å². The molecule has 2 atom stereocenters. The highest BCUT2D eigenvalue weighted by molar-refractivity contribution is 6.28. The Morgan fingerprint density at radius 3 is 2.00 bits per heavy atom. The average Bonchev–Trinajstić information content (AvgIpc) is 1.99. The molecule has 0 fully saturated rings. The normalized spacial score (nSPS) is 16.8. The lowest BCUT2D eigenvalue weighted by molar-refractivity contribution is 0.287. The second kappa shape index (κ2) is 6.53. The van der Waals surface area contributed by atoms with Crippen LogP contribution in [-0.4, -0.2) is 28.3 Å². The van der Waals surface area contributed by atoms with Crippen molar-refractivity contribution in [3.05, 3.63) is 0 Å². The van der Waals surface area contributed by atoms with Gasteiger partial charge in [-0.1, -0.05) is 0 Å². The van der Waals surface area contributed by atoms with E-state index in [1.54, 1.807) is 0 Å². The van der Waals surface area contributed by atoms with Crippen LogP contribution >= 0.6 is 34.8 Å². The quantitative estimate of drug-likeness (QED) is 0.683. The minimum atomic E-state index is -0.176. The summed E-state index contributed by atoms with van der Waals surface area (Å²) < 4.78 is 0. The zero-order valence-electron chi connectivity index (χ0n) is 5.56. The van der Waals surface area contributed by atoms with E-state index in [4.69, 9.17) is 39.9 Å². The fraction of sp³-hybridized carbons (Fsp3) is 1.00. The summed E-state index contributed by atoms with van der Waals surface area (Å²) in [5.41, 5.74) is 0. The highest BCUT2D eigenvalue weighted by Crippen LogP contribution is 2.12. The average molecular weight is 206 g/mol. The van der Waals surface area contributed by atoms with Gasteiger partial charge in [-0.05, 0) is 12.8 Å². The molecule has 0 aromatic carbocycles. The molecule has 10 heavy (non-hydrogen) atoms. The van der Waals surface area contributed by atoms with Gasteiger partial charge in [0.1, 0.15) is 0 Å². The summed E-state index contributed by atoms with van der Waals surface area (Å²) >= 11 is 16.7. The number of aliphatic hydroxyl groups excluding tert-OH is 1. The highest BCUT2D eigenvalue weighted by Gasteiger charge is 2.06. The van der Waals surface area contributed by atoms with Crippen LogP contribution in [0.2, 0.25) is 0 Å². The molecule has 0 aliphatic heterocycles. The van der Waals surface area contributed by atoms with E-state index >= 15 is 0 Å². The molecule has 0 rings (SSSR count). The van der Waals surface area contributed by atoms with Gasteiger partial charge in [-0.25, -0.2) is 0 Å². The minimum absolute atomic E-state index is 0.00739. The molecule has 0 saturated carbocycles. The maximum Gasteiger partial charge on any atom is 0.0595 e. The van der Waals surface area contributed by atoms with E-state index in [0.29, 0.717) is 5.88 Å². The lowest BCUT2D eigenvalue weighted by Crippen LogP contribution is -2.09. The van der Waals surface area contributed by atoms with E-state index in [-0.39, 0.29) is 17.4 Å². The molecule has 0 heterocycles. The predicted octanol–water partition coefficient (Wildman–Crippen LogP) is 2.21. The van der Waals surface area contributed by atoms with E-state index < -0.39 is 0 Å². The third kappa shape index (κ3) is 5.60. The maximum absolute atomic E-state index is 8.51. The van der Waals surface area contributed by atoms with Crippen molar-refractivity contribution >= 4 is 34.8 Å². The van der Waals surface area contributed by atoms with Crippen molar-refractivity contribution in [1.29, 1.82) is 0 Å². The number of hydrogen-bond donors (Lipinski definition) is 1. The fourth-order valence-corrected chi connectivity index (χ4v) is 0.936. The van der Waals surface area contributed by atoms with Gasteiger partial charge in [0.2, 0.25) is 0 Å². The zero-order chi connectivity index (χ0) is 7.98. The summed E-state index contributed by atoms with van der Waals surface area (Å²) in [6.45, 7) is 0.00739. The van der Waals surface area contributed by atoms with Crippen molar-refractivity contribution in [3.8, 4) is 0 Å². The summed E-state index contributed by atoms with van der Waals surface area (Å²) in [5, 5.41) is 8.32. The van der Waals surface area contributed by atoms with Crippen molar-refractivity contribution in [2.75, 3.05) is 12.5 Å². The Balaban J connectivity index is 3.17. The lowest BCUT2D eigenvalue weighted by atomic mass is 10.2. The molecule has 0 aromatic rings. The van der Waals surface area contributed by atoms with Crippen LogP contribution in [0.1, 0.15) is 12.8 Å². The van der Waals surface area contributed by atoms with Crippen LogP contribution in [0.5, 0.6) is 0 Å². The molecular formula is C6H11Cl3O. The van der Waals surface area contributed by atoms with E-state index in [0.717, 1.165) is 12.8 Å². The Morgan fingerprint density at radius 1 is 1.10 bits per heavy atom. The second-order valence-electron chi connectivity index (χ2n) is 2.11. The standard InChI is InChI=1S/C6H11Cl3O/c7-3-5(8)1-2-6(9)4-10/h5-6,10H,1-4H2/t5-,6+/m1/s1.